The quantitative estimate of drug-likeness (QED) is 0.471. The summed E-state index contributed by atoms with van der Waals surface area (Å²) in [6.07, 6.45) is 2.52. The van der Waals surface area contributed by atoms with E-state index in [2.05, 4.69) is 22.1 Å². The standard InChI is InChI=1S/C30H35N3O5/c1-21-27(19-33-13-15-36-16-14-33)37-30(38-28(21)24-8-6-23(20-34)7-9-24)25-10-4-22(5-11-25)17-32-29(35)26-3-2-12-31-18-26/h2-12,18,21,27-28,30,34H,13-17,19-20H2,1H3,(H,32,35)/t21-,27+,28+,30+/m1/s1. The molecular weight excluding hydrogens is 482 g/mol. The van der Waals surface area contributed by atoms with Gasteiger partial charge in [-0.2, -0.15) is 0 Å². The number of nitrogens with zero attached hydrogens (tertiary/aromatic N) is 2. The van der Waals surface area contributed by atoms with Crippen LogP contribution in [0.4, 0.5) is 0 Å². The third-order valence-corrected chi connectivity index (χ3v) is 7.29. The molecule has 8 nitrogen and oxygen atoms in total. The maximum atomic E-state index is 12.4. The average molecular weight is 518 g/mol. The van der Waals surface area contributed by atoms with E-state index in [0.29, 0.717) is 12.1 Å². The van der Waals surface area contributed by atoms with Gasteiger partial charge in [-0.05, 0) is 28.8 Å². The predicted octanol–water partition coefficient (Wildman–Crippen LogP) is 3.63. The van der Waals surface area contributed by atoms with E-state index in [-0.39, 0.29) is 30.6 Å². The molecule has 2 fully saturated rings. The Bertz CT molecular complexity index is 1170. The molecule has 0 aliphatic carbocycles. The van der Waals surface area contributed by atoms with E-state index in [0.717, 1.165) is 55.1 Å². The van der Waals surface area contributed by atoms with Crippen molar-refractivity contribution in [3.8, 4) is 0 Å². The predicted molar refractivity (Wildman–Crippen MR) is 142 cm³/mol. The minimum atomic E-state index is -0.515. The Morgan fingerprint density at radius 1 is 1.00 bits per heavy atom. The first-order valence-corrected chi connectivity index (χ1v) is 13.2. The zero-order chi connectivity index (χ0) is 26.3. The van der Waals surface area contributed by atoms with Gasteiger partial charge in [0.2, 0.25) is 0 Å². The molecule has 3 aromatic rings. The summed E-state index contributed by atoms with van der Waals surface area (Å²) in [5.74, 6) is -0.0212. The van der Waals surface area contributed by atoms with Crippen LogP contribution in [0.3, 0.4) is 0 Å². The number of ether oxygens (including phenoxy) is 3. The van der Waals surface area contributed by atoms with Crippen LogP contribution >= 0.6 is 0 Å². The van der Waals surface area contributed by atoms with E-state index in [9.17, 15) is 9.90 Å². The molecule has 4 atom stereocenters. The lowest BCUT2D eigenvalue weighted by Crippen LogP contribution is -2.47. The molecule has 3 heterocycles. The van der Waals surface area contributed by atoms with Crippen LogP contribution in [0.25, 0.3) is 0 Å². The van der Waals surface area contributed by atoms with Gasteiger partial charge in [0, 0.05) is 50.1 Å². The molecule has 2 N–H and O–H groups in total. The van der Waals surface area contributed by atoms with E-state index in [1.54, 1.807) is 24.5 Å². The first-order chi connectivity index (χ1) is 18.6. The Morgan fingerprint density at radius 3 is 2.39 bits per heavy atom. The van der Waals surface area contributed by atoms with Gasteiger partial charge in [0.15, 0.2) is 6.29 Å². The molecule has 2 saturated heterocycles. The van der Waals surface area contributed by atoms with Crippen molar-refractivity contribution in [2.24, 2.45) is 5.92 Å². The van der Waals surface area contributed by atoms with Crippen molar-refractivity contribution in [1.82, 2.24) is 15.2 Å². The highest BCUT2D eigenvalue weighted by Crippen LogP contribution is 2.41. The van der Waals surface area contributed by atoms with Crippen molar-refractivity contribution in [3.63, 3.8) is 0 Å². The normalized spacial score (nSPS) is 24.2. The molecule has 38 heavy (non-hydrogen) atoms. The monoisotopic (exact) mass is 517 g/mol. The fourth-order valence-electron chi connectivity index (χ4n) is 4.94. The number of morpholine rings is 1. The Balaban J connectivity index is 1.30. The number of carbonyl (C=O) groups is 1. The van der Waals surface area contributed by atoms with Crippen molar-refractivity contribution in [1.29, 1.82) is 0 Å². The van der Waals surface area contributed by atoms with Crippen LogP contribution in [0.2, 0.25) is 0 Å². The Labute approximate surface area is 223 Å². The van der Waals surface area contributed by atoms with Crippen LogP contribution in [0.1, 0.15) is 51.9 Å². The maximum absolute atomic E-state index is 12.4. The molecule has 0 unspecified atom stereocenters. The summed E-state index contributed by atoms with van der Waals surface area (Å²) in [6, 6.07) is 19.4. The molecule has 0 bridgehead atoms. The van der Waals surface area contributed by atoms with Gasteiger partial charge in [-0.25, -0.2) is 0 Å². The molecule has 1 aromatic heterocycles. The average Bonchev–Trinajstić information content (AvgIpc) is 2.98. The molecule has 200 valence electrons. The van der Waals surface area contributed by atoms with Crippen LogP contribution in [0.15, 0.2) is 73.1 Å². The Hall–Kier alpha value is -3.14. The van der Waals surface area contributed by atoms with Gasteiger partial charge in [-0.15, -0.1) is 0 Å². The van der Waals surface area contributed by atoms with Gasteiger partial charge in [-0.3, -0.25) is 14.7 Å². The van der Waals surface area contributed by atoms with E-state index in [1.807, 2.05) is 48.5 Å². The minimum Gasteiger partial charge on any atom is -0.392 e. The molecule has 2 aliphatic heterocycles. The van der Waals surface area contributed by atoms with E-state index >= 15 is 0 Å². The topological polar surface area (TPSA) is 93.2 Å². The highest BCUT2D eigenvalue weighted by molar-refractivity contribution is 5.93. The molecule has 8 heteroatoms. The third-order valence-electron chi connectivity index (χ3n) is 7.29. The second kappa shape index (κ2) is 12.6. The van der Waals surface area contributed by atoms with Crippen molar-refractivity contribution in [3.05, 3.63) is 101 Å². The van der Waals surface area contributed by atoms with E-state index < -0.39 is 6.29 Å². The number of aliphatic hydroxyl groups is 1. The van der Waals surface area contributed by atoms with Crippen molar-refractivity contribution in [2.75, 3.05) is 32.8 Å². The number of pyridine rings is 1. The van der Waals surface area contributed by atoms with Gasteiger partial charge in [0.25, 0.3) is 5.91 Å². The number of rotatable bonds is 8. The number of amides is 1. The summed E-state index contributed by atoms with van der Waals surface area (Å²) in [5.41, 5.74) is 4.40. The number of nitrogens with one attached hydrogen (secondary N) is 1. The fraction of sp³-hybridized carbons (Fsp3) is 0.400. The summed E-state index contributed by atoms with van der Waals surface area (Å²) in [4.78, 5) is 18.8. The summed E-state index contributed by atoms with van der Waals surface area (Å²) < 4.78 is 18.6. The lowest BCUT2D eigenvalue weighted by molar-refractivity contribution is -0.277. The molecule has 2 aromatic carbocycles. The molecule has 0 saturated carbocycles. The van der Waals surface area contributed by atoms with Gasteiger partial charge >= 0.3 is 0 Å². The number of hydrogen-bond acceptors (Lipinski definition) is 7. The Kier molecular flexibility index (Phi) is 8.78. The van der Waals surface area contributed by atoms with E-state index in [4.69, 9.17) is 14.2 Å². The zero-order valence-corrected chi connectivity index (χ0v) is 21.7. The zero-order valence-electron chi connectivity index (χ0n) is 21.7. The molecule has 5 rings (SSSR count). The largest absolute Gasteiger partial charge is 0.392 e. The summed E-state index contributed by atoms with van der Waals surface area (Å²) in [7, 11) is 0. The second-order valence-electron chi connectivity index (χ2n) is 9.90. The number of aromatic nitrogens is 1. The van der Waals surface area contributed by atoms with Crippen LogP contribution < -0.4 is 5.32 Å². The number of benzene rings is 2. The number of carbonyl (C=O) groups excluding carboxylic acids is 1. The summed E-state index contributed by atoms with van der Waals surface area (Å²) in [5, 5.41) is 12.4. The minimum absolute atomic E-state index is 0.0157. The van der Waals surface area contributed by atoms with Crippen molar-refractivity contribution < 1.29 is 24.1 Å². The Morgan fingerprint density at radius 2 is 1.71 bits per heavy atom. The van der Waals surface area contributed by atoms with Gasteiger partial charge in [-0.1, -0.05) is 55.5 Å². The number of aliphatic hydroxyl groups excluding tert-OH is 1. The first-order valence-electron chi connectivity index (χ1n) is 13.2. The molecule has 2 aliphatic rings. The summed E-state index contributed by atoms with van der Waals surface area (Å²) >= 11 is 0. The van der Waals surface area contributed by atoms with Gasteiger partial charge < -0.3 is 24.6 Å². The van der Waals surface area contributed by atoms with E-state index in [1.165, 1.54) is 0 Å². The molecular formula is C30H35N3O5. The van der Waals surface area contributed by atoms with Crippen LogP contribution in [-0.4, -0.2) is 59.8 Å². The first kappa shape index (κ1) is 26.5. The maximum Gasteiger partial charge on any atom is 0.253 e. The lowest BCUT2D eigenvalue weighted by atomic mass is 9.90. The number of hydrogen-bond donors (Lipinski definition) is 2. The van der Waals surface area contributed by atoms with Crippen LogP contribution in [0, 0.1) is 5.92 Å². The van der Waals surface area contributed by atoms with Crippen LogP contribution in [0.5, 0.6) is 0 Å². The second-order valence-corrected chi connectivity index (χ2v) is 9.90. The SMILES string of the molecule is C[C@@H]1[C@H](CN2CCOCC2)O[C@H](c2ccc(CNC(=O)c3cccnc3)cc2)O[C@@H]1c1ccc(CO)cc1. The van der Waals surface area contributed by atoms with Crippen molar-refractivity contribution >= 4 is 5.91 Å². The third kappa shape index (κ3) is 6.46. The smallest absolute Gasteiger partial charge is 0.253 e. The lowest BCUT2D eigenvalue weighted by Gasteiger charge is -2.43. The van der Waals surface area contributed by atoms with Crippen molar-refractivity contribution in [2.45, 2.75) is 38.6 Å². The molecule has 0 radical (unpaired) electrons. The molecule has 0 spiro atoms. The highest BCUT2D eigenvalue weighted by Gasteiger charge is 2.39. The summed E-state index contributed by atoms with van der Waals surface area (Å²) in [6.45, 7) is 6.70. The fourth-order valence-corrected chi connectivity index (χ4v) is 4.94. The van der Waals surface area contributed by atoms with Gasteiger partial charge in [0.1, 0.15) is 0 Å². The molecule has 1 amide bonds. The van der Waals surface area contributed by atoms with Crippen LogP contribution in [-0.2, 0) is 27.4 Å². The van der Waals surface area contributed by atoms with Gasteiger partial charge in [0.05, 0.1) is 37.6 Å². The highest BCUT2D eigenvalue weighted by atomic mass is 16.7.